The molecule has 0 aliphatic rings. The molecule has 6 nitrogen and oxygen atoms in total. The third-order valence-electron chi connectivity index (χ3n) is 3.43. The summed E-state index contributed by atoms with van der Waals surface area (Å²) in [6.07, 6.45) is -5.03. The largest absolute Gasteiger partial charge is 0.471 e. The van der Waals surface area contributed by atoms with Gasteiger partial charge in [0.1, 0.15) is 0 Å². The summed E-state index contributed by atoms with van der Waals surface area (Å²) in [7, 11) is -3.78. The molecule has 26 heavy (non-hydrogen) atoms. The third-order valence-corrected chi connectivity index (χ3v) is 6.61. The fourth-order valence-corrected chi connectivity index (χ4v) is 5.40. The highest BCUT2D eigenvalue weighted by Crippen LogP contribution is 2.31. The zero-order valence-corrected chi connectivity index (χ0v) is 16.1. The lowest BCUT2D eigenvalue weighted by Crippen LogP contribution is -2.41. The molecule has 0 aliphatic carbocycles. The van der Waals surface area contributed by atoms with Gasteiger partial charge in [0, 0.05) is 12.1 Å². The van der Waals surface area contributed by atoms with Crippen molar-refractivity contribution in [3.05, 3.63) is 18.2 Å². The van der Waals surface area contributed by atoms with E-state index in [0.29, 0.717) is 10.2 Å². The van der Waals surface area contributed by atoms with Crippen LogP contribution in [0.1, 0.15) is 27.7 Å². The van der Waals surface area contributed by atoms with Crippen LogP contribution in [0.4, 0.5) is 18.3 Å². The van der Waals surface area contributed by atoms with Crippen molar-refractivity contribution in [1.82, 2.24) is 9.29 Å². The van der Waals surface area contributed by atoms with Crippen molar-refractivity contribution in [1.29, 1.82) is 0 Å². The van der Waals surface area contributed by atoms with Gasteiger partial charge in [-0.1, -0.05) is 11.3 Å². The number of fused-ring (bicyclic) bond motifs is 1. The summed E-state index contributed by atoms with van der Waals surface area (Å²) in [6, 6.07) is 3.58. The molecule has 1 aromatic carbocycles. The topological polar surface area (TPSA) is 79.4 Å². The molecule has 1 N–H and O–H groups in total. The highest BCUT2D eigenvalue weighted by atomic mass is 32.2. The summed E-state index contributed by atoms with van der Waals surface area (Å²) >= 11 is 0.774. The lowest BCUT2D eigenvalue weighted by atomic mass is 10.3. The summed E-state index contributed by atoms with van der Waals surface area (Å²) < 4.78 is 64.4. The molecule has 0 spiro atoms. The van der Waals surface area contributed by atoms with Crippen LogP contribution in [0.25, 0.3) is 10.2 Å². The molecule has 2 rings (SSSR count). The number of sulfonamides is 1. The van der Waals surface area contributed by atoms with Crippen molar-refractivity contribution in [2.45, 2.75) is 50.9 Å². The van der Waals surface area contributed by atoms with E-state index < -0.39 is 22.1 Å². The van der Waals surface area contributed by atoms with Crippen molar-refractivity contribution in [2.75, 3.05) is 5.32 Å². The molecule has 11 heteroatoms. The Morgan fingerprint density at radius 2 is 1.77 bits per heavy atom. The lowest BCUT2D eigenvalue weighted by molar-refractivity contribution is -0.167. The number of hydrogen-bond acceptors (Lipinski definition) is 5. The van der Waals surface area contributed by atoms with E-state index in [4.69, 9.17) is 0 Å². The number of amides is 1. The van der Waals surface area contributed by atoms with Crippen molar-refractivity contribution < 1.29 is 26.4 Å². The first-order chi connectivity index (χ1) is 11.8. The van der Waals surface area contributed by atoms with E-state index in [-0.39, 0.29) is 22.1 Å². The Morgan fingerprint density at radius 3 is 2.27 bits per heavy atom. The highest BCUT2D eigenvalue weighted by Gasteiger charge is 2.39. The fraction of sp³-hybridized carbons (Fsp3) is 0.467. The molecule has 0 radical (unpaired) electrons. The number of aromatic nitrogens is 1. The summed E-state index contributed by atoms with van der Waals surface area (Å²) in [4.78, 5) is 14.9. The Morgan fingerprint density at radius 1 is 1.19 bits per heavy atom. The van der Waals surface area contributed by atoms with Crippen molar-refractivity contribution >= 4 is 42.6 Å². The van der Waals surface area contributed by atoms with Crippen LogP contribution in [0.2, 0.25) is 0 Å². The van der Waals surface area contributed by atoms with Crippen molar-refractivity contribution in [3.8, 4) is 0 Å². The van der Waals surface area contributed by atoms with Crippen LogP contribution in [0.3, 0.4) is 0 Å². The Kier molecular flexibility index (Phi) is 5.64. The number of thiazole rings is 1. The van der Waals surface area contributed by atoms with E-state index in [1.54, 1.807) is 33.0 Å². The first-order valence-corrected chi connectivity index (χ1v) is 9.92. The van der Waals surface area contributed by atoms with E-state index in [1.165, 1.54) is 22.5 Å². The maximum Gasteiger partial charge on any atom is 0.471 e. The summed E-state index contributed by atoms with van der Waals surface area (Å²) in [6.45, 7) is 7.03. The first kappa shape index (κ1) is 20.6. The summed E-state index contributed by atoms with van der Waals surface area (Å²) in [5.74, 6) is -2.13. The number of benzene rings is 1. The maximum absolute atomic E-state index is 12.9. The molecule has 1 aromatic heterocycles. The van der Waals surface area contributed by atoms with Gasteiger partial charge in [-0.25, -0.2) is 13.4 Å². The fourth-order valence-electron chi connectivity index (χ4n) is 2.56. The number of carbonyl (C=O) groups excluding carboxylic acids is 1. The molecule has 1 heterocycles. The molecule has 0 bridgehead atoms. The van der Waals surface area contributed by atoms with E-state index in [2.05, 4.69) is 4.98 Å². The predicted octanol–water partition coefficient (Wildman–Crippen LogP) is 3.60. The minimum Gasteiger partial charge on any atom is -0.294 e. The van der Waals surface area contributed by atoms with Gasteiger partial charge in [-0.3, -0.25) is 10.1 Å². The van der Waals surface area contributed by atoms with E-state index in [9.17, 15) is 26.4 Å². The molecule has 2 aromatic rings. The average Bonchev–Trinajstić information content (AvgIpc) is 2.85. The Balaban J connectivity index is 2.42. The predicted molar refractivity (Wildman–Crippen MR) is 93.6 cm³/mol. The van der Waals surface area contributed by atoms with Crippen LogP contribution < -0.4 is 5.32 Å². The maximum atomic E-state index is 12.9. The lowest BCUT2D eigenvalue weighted by Gasteiger charge is -2.29. The van der Waals surface area contributed by atoms with Gasteiger partial charge in [-0.15, -0.1) is 0 Å². The van der Waals surface area contributed by atoms with Crippen LogP contribution in [0, 0.1) is 0 Å². The van der Waals surface area contributed by atoms with Gasteiger partial charge in [0.15, 0.2) is 5.13 Å². The average molecular weight is 409 g/mol. The standard InChI is InChI=1S/C15H18F3N3O3S2/c1-8(2)21(9(3)4)26(23,24)10-5-6-11-12(7-10)25-14(19-11)20-13(22)15(16,17)18/h5-9H,1-4H3,(H,19,20,22). The molecular formula is C15H18F3N3O3S2. The molecule has 1 amide bonds. The van der Waals surface area contributed by atoms with Gasteiger partial charge in [0.2, 0.25) is 10.0 Å². The van der Waals surface area contributed by atoms with Gasteiger partial charge in [-0.05, 0) is 45.9 Å². The van der Waals surface area contributed by atoms with E-state index in [1.807, 2.05) is 0 Å². The smallest absolute Gasteiger partial charge is 0.294 e. The van der Waals surface area contributed by atoms with E-state index in [0.717, 1.165) is 11.3 Å². The second-order valence-electron chi connectivity index (χ2n) is 6.12. The van der Waals surface area contributed by atoms with Gasteiger partial charge in [0.05, 0.1) is 15.1 Å². The molecule has 144 valence electrons. The Labute approximate surface area is 153 Å². The molecule has 0 saturated heterocycles. The normalized spacial score (nSPS) is 13.2. The first-order valence-electron chi connectivity index (χ1n) is 7.66. The number of carbonyl (C=O) groups is 1. The van der Waals surface area contributed by atoms with Gasteiger partial charge in [0.25, 0.3) is 0 Å². The second kappa shape index (κ2) is 7.12. The number of alkyl halides is 3. The Bertz CT molecular complexity index is 913. The number of halogens is 3. The SMILES string of the molecule is CC(C)N(C(C)C)S(=O)(=O)c1ccc2nc(NC(=O)C(F)(F)F)sc2c1. The van der Waals surface area contributed by atoms with Crippen molar-refractivity contribution in [2.24, 2.45) is 0 Å². The van der Waals surface area contributed by atoms with Gasteiger partial charge < -0.3 is 0 Å². The molecule has 0 saturated carbocycles. The monoisotopic (exact) mass is 409 g/mol. The number of nitrogens with one attached hydrogen (secondary N) is 1. The number of hydrogen-bond donors (Lipinski definition) is 1. The van der Waals surface area contributed by atoms with Crippen LogP contribution in [-0.2, 0) is 14.8 Å². The molecule has 0 atom stereocenters. The van der Waals surface area contributed by atoms with Gasteiger partial charge >= 0.3 is 12.1 Å². The zero-order chi connectivity index (χ0) is 19.9. The van der Waals surface area contributed by atoms with Crippen LogP contribution in [0.5, 0.6) is 0 Å². The highest BCUT2D eigenvalue weighted by molar-refractivity contribution is 7.89. The quantitative estimate of drug-likeness (QED) is 0.818. The third kappa shape index (κ3) is 4.15. The Hall–Kier alpha value is -1.72. The van der Waals surface area contributed by atoms with Crippen LogP contribution >= 0.6 is 11.3 Å². The molecular weight excluding hydrogens is 391 g/mol. The minimum absolute atomic E-state index is 0.0183. The summed E-state index contributed by atoms with van der Waals surface area (Å²) in [5.41, 5.74) is 0.298. The van der Waals surface area contributed by atoms with Crippen LogP contribution in [-0.4, -0.2) is 41.9 Å². The van der Waals surface area contributed by atoms with Crippen LogP contribution in [0.15, 0.2) is 23.1 Å². The second-order valence-corrected chi connectivity index (χ2v) is 9.00. The van der Waals surface area contributed by atoms with Gasteiger partial charge in [-0.2, -0.15) is 17.5 Å². The zero-order valence-electron chi connectivity index (χ0n) is 14.5. The molecule has 0 unspecified atom stereocenters. The van der Waals surface area contributed by atoms with Crippen molar-refractivity contribution in [3.63, 3.8) is 0 Å². The minimum atomic E-state index is -5.03. The summed E-state index contributed by atoms with van der Waals surface area (Å²) in [5, 5.41) is 1.42. The number of anilines is 1. The number of rotatable bonds is 5. The molecule has 0 aliphatic heterocycles. The number of nitrogens with zero attached hydrogens (tertiary/aromatic N) is 2. The molecule has 0 fully saturated rings. The van der Waals surface area contributed by atoms with E-state index >= 15 is 0 Å².